The van der Waals surface area contributed by atoms with Gasteiger partial charge in [-0.05, 0) is 58.1 Å². The van der Waals surface area contributed by atoms with Gasteiger partial charge in [-0.25, -0.2) is 13.6 Å². The zero-order valence-electron chi connectivity index (χ0n) is 16.4. The summed E-state index contributed by atoms with van der Waals surface area (Å²) in [7, 11) is -3.66. The summed E-state index contributed by atoms with van der Waals surface area (Å²) in [5, 5.41) is 7.47. The Labute approximate surface area is 177 Å². The molecule has 0 aromatic heterocycles. The van der Waals surface area contributed by atoms with Crippen LogP contribution in [0.5, 0.6) is 0 Å². The van der Waals surface area contributed by atoms with Crippen LogP contribution in [0.25, 0.3) is 10.8 Å². The van der Waals surface area contributed by atoms with Gasteiger partial charge in [0.15, 0.2) is 0 Å². The third-order valence-corrected chi connectivity index (χ3v) is 5.86. The molecule has 148 valence electrons. The normalized spacial score (nSPS) is 11.1. The maximum absolute atomic E-state index is 11.4. The fraction of sp³-hybridized carbons (Fsp3) is 0.0769. The van der Waals surface area contributed by atoms with Crippen molar-refractivity contribution in [3.05, 3.63) is 113 Å². The van der Waals surface area contributed by atoms with Crippen molar-refractivity contribution in [3.63, 3.8) is 0 Å². The summed E-state index contributed by atoms with van der Waals surface area (Å²) in [6.45, 7) is 0. The zero-order valence-corrected chi connectivity index (χ0v) is 17.2. The lowest BCUT2D eigenvalue weighted by Gasteiger charge is -2.06. The van der Waals surface area contributed by atoms with Crippen LogP contribution in [-0.2, 0) is 22.9 Å². The van der Waals surface area contributed by atoms with E-state index >= 15 is 0 Å². The molecule has 2 N–H and O–H groups in total. The first-order valence-electron chi connectivity index (χ1n) is 9.65. The SMILES string of the molecule is NS(=O)(=O)c1ccc(Cc2ccc3ccc(C#CCc4ccccc4)cc3c2)cc1. The Hall–Kier alpha value is -3.39. The van der Waals surface area contributed by atoms with Gasteiger partial charge in [0.25, 0.3) is 0 Å². The third-order valence-electron chi connectivity index (χ3n) is 4.93. The average molecular weight is 412 g/mol. The van der Waals surface area contributed by atoms with Crippen molar-refractivity contribution in [1.82, 2.24) is 0 Å². The smallest absolute Gasteiger partial charge is 0.225 e. The van der Waals surface area contributed by atoms with Gasteiger partial charge < -0.3 is 0 Å². The van der Waals surface area contributed by atoms with Crippen LogP contribution in [0.2, 0.25) is 0 Å². The molecule has 0 saturated heterocycles. The Morgan fingerprint density at radius 2 is 1.40 bits per heavy atom. The molecule has 0 bridgehead atoms. The molecule has 0 aliphatic rings. The van der Waals surface area contributed by atoms with E-state index in [-0.39, 0.29) is 4.90 Å². The van der Waals surface area contributed by atoms with E-state index in [4.69, 9.17) is 5.14 Å². The highest BCUT2D eigenvalue weighted by molar-refractivity contribution is 7.89. The molecule has 4 rings (SSSR count). The largest absolute Gasteiger partial charge is 0.238 e. The van der Waals surface area contributed by atoms with Crippen LogP contribution in [-0.4, -0.2) is 8.42 Å². The standard InChI is InChI=1S/C26H21NO2S/c27-30(28,29)26-15-11-22(12-16-26)17-23-10-14-24-13-9-21(18-25(24)19-23)8-4-7-20-5-2-1-3-6-20/h1-3,5-6,9-16,18-19H,7,17H2,(H2,27,28,29). The monoisotopic (exact) mass is 411 g/mol. The molecule has 0 amide bonds. The number of sulfonamides is 1. The molecule has 4 aromatic rings. The predicted molar refractivity (Wildman–Crippen MR) is 122 cm³/mol. The lowest BCUT2D eigenvalue weighted by molar-refractivity contribution is 0.598. The van der Waals surface area contributed by atoms with E-state index in [9.17, 15) is 8.42 Å². The summed E-state index contributed by atoms with van der Waals surface area (Å²) in [5.41, 5.74) is 4.38. The Balaban J connectivity index is 1.53. The number of rotatable bonds is 4. The molecule has 0 unspecified atom stereocenters. The molecule has 0 saturated carbocycles. The number of hydrogen-bond donors (Lipinski definition) is 1. The lowest BCUT2D eigenvalue weighted by atomic mass is 10.00. The minimum atomic E-state index is -3.66. The Kier molecular flexibility index (Phi) is 5.67. The molecule has 3 nitrogen and oxygen atoms in total. The molecule has 0 aliphatic heterocycles. The van der Waals surface area contributed by atoms with Crippen LogP contribution in [0.15, 0.2) is 95.9 Å². The predicted octanol–water partition coefficient (Wildman–Crippen LogP) is 4.67. The van der Waals surface area contributed by atoms with Crippen LogP contribution in [0.1, 0.15) is 22.3 Å². The van der Waals surface area contributed by atoms with Gasteiger partial charge in [-0.3, -0.25) is 0 Å². The van der Waals surface area contributed by atoms with E-state index in [0.717, 1.165) is 33.9 Å². The third kappa shape index (κ3) is 4.96. The Bertz CT molecular complexity index is 1350. The zero-order chi connectivity index (χ0) is 21.0. The van der Waals surface area contributed by atoms with Crippen LogP contribution in [0, 0.1) is 11.8 Å². The van der Waals surface area contributed by atoms with Gasteiger partial charge in [0.2, 0.25) is 10.0 Å². The molecule has 0 atom stereocenters. The van der Waals surface area contributed by atoms with Gasteiger partial charge in [0, 0.05) is 12.0 Å². The van der Waals surface area contributed by atoms with E-state index in [2.05, 4.69) is 54.3 Å². The molecule has 4 heteroatoms. The van der Waals surface area contributed by atoms with Crippen LogP contribution in [0.4, 0.5) is 0 Å². The number of benzene rings is 4. The number of nitrogens with two attached hydrogens (primary N) is 1. The molecule has 0 radical (unpaired) electrons. The van der Waals surface area contributed by atoms with Crippen molar-refractivity contribution in [2.75, 3.05) is 0 Å². The quantitative estimate of drug-likeness (QED) is 0.496. The van der Waals surface area contributed by atoms with Crippen LogP contribution < -0.4 is 5.14 Å². The van der Waals surface area contributed by atoms with Crippen molar-refractivity contribution < 1.29 is 8.42 Å². The minimum absolute atomic E-state index is 0.128. The summed E-state index contributed by atoms with van der Waals surface area (Å²) < 4.78 is 22.8. The molecule has 0 heterocycles. The summed E-state index contributed by atoms with van der Waals surface area (Å²) in [5.74, 6) is 6.50. The second-order valence-corrected chi connectivity index (χ2v) is 8.79. The van der Waals surface area contributed by atoms with Crippen molar-refractivity contribution in [3.8, 4) is 11.8 Å². The van der Waals surface area contributed by atoms with Crippen molar-refractivity contribution in [2.24, 2.45) is 5.14 Å². The van der Waals surface area contributed by atoms with Crippen molar-refractivity contribution in [1.29, 1.82) is 0 Å². The topological polar surface area (TPSA) is 60.2 Å². The Morgan fingerprint density at radius 1 is 0.700 bits per heavy atom. The van der Waals surface area contributed by atoms with Crippen molar-refractivity contribution >= 4 is 20.8 Å². The molecule has 0 spiro atoms. The van der Waals surface area contributed by atoms with Gasteiger partial charge in [-0.2, -0.15) is 0 Å². The highest BCUT2D eigenvalue weighted by atomic mass is 32.2. The highest BCUT2D eigenvalue weighted by Gasteiger charge is 2.07. The Morgan fingerprint density at radius 3 is 2.13 bits per heavy atom. The lowest BCUT2D eigenvalue weighted by Crippen LogP contribution is -2.11. The minimum Gasteiger partial charge on any atom is -0.225 e. The molecule has 0 fully saturated rings. The van der Waals surface area contributed by atoms with E-state index in [1.165, 1.54) is 5.56 Å². The molecule has 0 aliphatic carbocycles. The first-order chi connectivity index (χ1) is 14.5. The summed E-state index contributed by atoms with van der Waals surface area (Å²) in [6.07, 6.45) is 1.44. The summed E-state index contributed by atoms with van der Waals surface area (Å²) >= 11 is 0. The number of fused-ring (bicyclic) bond motifs is 1. The first-order valence-corrected chi connectivity index (χ1v) is 11.2. The maximum Gasteiger partial charge on any atom is 0.238 e. The number of hydrogen-bond acceptors (Lipinski definition) is 2. The highest BCUT2D eigenvalue weighted by Crippen LogP contribution is 2.20. The first kappa shape index (κ1) is 19.9. The van der Waals surface area contributed by atoms with E-state index in [0.29, 0.717) is 6.42 Å². The fourth-order valence-electron chi connectivity index (χ4n) is 3.36. The van der Waals surface area contributed by atoms with Crippen LogP contribution >= 0.6 is 0 Å². The van der Waals surface area contributed by atoms with Gasteiger partial charge >= 0.3 is 0 Å². The second kappa shape index (κ2) is 8.54. The van der Waals surface area contributed by atoms with E-state index < -0.39 is 10.0 Å². The van der Waals surface area contributed by atoms with Gasteiger partial charge in [0.1, 0.15) is 0 Å². The fourth-order valence-corrected chi connectivity index (χ4v) is 3.88. The van der Waals surface area contributed by atoms with Gasteiger partial charge in [0.05, 0.1) is 4.90 Å². The average Bonchev–Trinajstić information content (AvgIpc) is 2.74. The van der Waals surface area contributed by atoms with Crippen LogP contribution in [0.3, 0.4) is 0 Å². The van der Waals surface area contributed by atoms with E-state index in [1.54, 1.807) is 24.3 Å². The molecule has 30 heavy (non-hydrogen) atoms. The summed E-state index contributed by atoms with van der Waals surface area (Å²) in [6, 6.07) is 29.5. The van der Waals surface area contributed by atoms with E-state index in [1.807, 2.05) is 24.3 Å². The van der Waals surface area contributed by atoms with Crippen molar-refractivity contribution in [2.45, 2.75) is 17.7 Å². The number of primary sulfonamides is 1. The van der Waals surface area contributed by atoms with Gasteiger partial charge in [-0.1, -0.05) is 78.6 Å². The molecular formula is C26H21NO2S. The maximum atomic E-state index is 11.4. The van der Waals surface area contributed by atoms with Gasteiger partial charge in [-0.15, -0.1) is 0 Å². The summed E-state index contributed by atoms with van der Waals surface area (Å²) in [4.78, 5) is 0.128. The second-order valence-electron chi connectivity index (χ2n) is 7.23. The molecule has 4 aromatic carbocycles. The molecular weight excluding hydrogens is 390 g/mol.